The van der Waals surface area contributed by atoms with Crippen molar-refractivity contribution in [2.24, 2.45) is 0 Å². The molecule has 5 nitrogen and oxygen atoms in total. The lowest BCUT2D eigenvalue weighted by Gasteiger charge is -2.32. The Morgan fingerprint density at radius 2 is 1.84 bits per heavy atom. The molecule has 132 valence electrons. The number of ether oxygens (including phenoxy) is 2. The van der Waals surface area contributed by atoms with Gasteiger partial charge >= 0.3 is 0 Å². The molecule has 0 fully saturated rings. The number of fused-ring (bicyclic) bond motifs is 3. The predicted octanol–water partition coefficient (Wildman–Crippen LogP) is 4.26. The summed E-state index contributed by atoms with van der Waals surface area (Å²) in [5.74, 6) is 2.60. The van der Waals surface area contributed by atoms with Gasteiger partial charge < -0.3 is 19.7 Å². The third-order valence-electron chi connectivity index (χ3n) is 4.75. The molecule has 1 aromatic carbocycles. The van der Waals surface area contributed by atoms with E-state index in [-0.39, 0.29) is 0 Å². The lowest BCUT2D eigenvalue weighted by atomic mass is 10.1. The van der Waals surface area contributed by atoms with E-state index in [0.717, 1.165) is 67.7 Å². The van der Waals surface area contributed by atoms with E-state index in [2.05, 4.69) is 21.3 Å². The summed E-state index contributed by atoms with van der Waals surface area (Å²) in [5.41, 5.74) is 2.16. The van der Waals surface area contributed by atoms with Crippen LogP contribution in [0.5, 0.6) is 17.2 Å². The Morgan fingerprint density at radius 3 is 2.80 bits per heavy atom. The summed E-state index contributed by atoms with van der Waals surface area (Å²) < 4.78 is 12.0. The van der Waals surface area contributed by atoms with Gasteiger partial charge in [-0.3, -0.25) is 4.98 Å². The number of rotatable bonds is 0. The third-order valence-corrected chi connectivity index (χ3v) is 4.75. The maximum Gasteiger partial charge on any atom is 0.169 e. The summed E-state index contributed by atoms with van der Waals surface area (Å²) in [4.78, 5) is 6.54. The Labute approximate surface area is 149 Å². The first-order valence-electron chi connectivity index (χ1n) is 9.29. The number of hydrogen-bond donors (Lipinski definition) is 1. The van der Waals surface area contributed by atoms with Crippen LogP contribution in [0.15, 0.2) is 36.7 Å². The molecular formula is C20H25N3O2. The normalized spacial score (nSPS) is 18.2. The molecule has 1 N–H and O–H groups in total. The third kappa shape index (κ3) is 3.71. The zero-order valence-electron chi connectivity index (χ0n) is 14.5. The van der Waals surface area contributed by atoms with Crippen molar-refractivity contribution in [2.45, 2.75) is 32.1 Å². The second-order valence-electron chi connectivity index (χ2n) is 6.59. The monoisotopic (exact) mass is 339 g/mol. The fourth-order valence-electron chi connectivity index (χ4n) is 3.41. The molecule has 0 saturated heterocycles. The average Bonchev–Trinajstić information content (AvgIpc) is 2.65. The van der Waals surface area contributed by atoms with Gasteiger partial charge in [-0.1, -0.05) is 0 Å². The Bertz CT molecular complexity index is 720. The van der Waals surface area contributed by atoms with Crippen molar-refractivity contribution in [3.8, 4) is 17.2 Å². The van der Waals surface area contributed by atoms with E-state index in [9.17, 15) is 0 Å². The van der Waals surface area contributed by atoms with Gasteiger partial charge in [-0.2, -0.15) is 0 Å². The van der Waals surface area contributed by atoms with Gasteiger partial charge in [0.2, 0.25) is 0 Å². The van der Waals surface area contributed by atoms with Gasteiger partial charge in [-0.25, -0.2) is 0 Å². The summed E-state index contributed by atoms with van der Waals surface area (Å²) in [6, 6.07) is 8.14. The predicted molar refractivity (Wildman–Crippen MR) is 99.2 cm³/mol. The first-order valence-corrected chi connectivity index (χ1v) is 9.29. The van der Waals surface area contributed by atoms with Crippen molar-refractivity contribution in [1.29, 1.82) is 0 Å². The maximum atomic E-state index is 6.05. The molecular weight excluding hydrogens is 314 g/mol. The van der Waals surface area contributed by atoms with Crippen LogP contribution in [-0.2, 0) is 0 Å². The highest BCUT2D eigenvalue weighted by Gasteiger charge is 2.24. The van der Waals surface area contributed by atoms with Crippen molar-refractivity contribution in [3.63, 3.8) is 0 Å². The Balaban J connectivity index is 1.63. The number of anilines is 2. The molecule has 25 heavy (non-hydrogen) atoms. The number of aromatic nitrogens is 1. The van der Waals surface area contributed by atoms with Crippen LogP contribution in [-0.4, -0.2) is 31.2 Å². The number of hydrogen-bond acceptors (Lipinski definition) is 5. The van der Waals surface area contributed by atoms with Crippen molar-refractivity contribution in [1.82, 2.24) is 10.3 Å². The largest absolute Gasteiger partial charge is 0.494 e. The fourth-order valence-corrected chi connectivity index (χ4v) is 3.41. The van der Waals surface area contributed by atoms with Crippen LogP contribution in [0.1, 0.15) is 32.1 Å². The van der Waals surface area contributed by atoms with Gasteiger partial charge in [-0.05, 0) is 63.4 Å². The highest BCUT2D eigenvalue weighted by Crippen LogP contribution is 2.47. The smallest absolute Gasteiger partial charge is 0.169 e. The first kappa shape index (κ1) is 16.2. The molecule has 2 aliphatic heterocycles. The van der Waals surface area contributed by atoms with Crippen LogP contribution in [0, 0.1) is 0 Å². The van der Waals surface area contributed by atoms with Crippen molar-refractivity contribution in [2.75, 3.05) is 31.1 Å². The van der Waals surface area contributed by atoms with E-state index in [0.29, 0.717) is 0 Å². The lowest BCUT2D eigenvalue weighted by Crippen LogP contribution is -2.24. The second-order valence-corrected chi connectivity index (χ2v) is 6.59. The highest BCUT2D eigenvalue weighted by molar-refractivity contribution is 5.78. The highest BCUT2D eigenvalue weighted by atomic mass is 16.5. The van der Waals surface area contributed by atoms with Gasteiger partial charge in [0.15, 0.2) is 11.5 Å². The topological polar surface area (TPSA) is 46.6 Å². The van der Waals surface area contributed by atoms with E-state index in [1.807, 2.05) is 24.4 Å². The molecule has 0 radical (unpaired) electrons. The van der Waals surface area contributed by atoms with Crippen molar-refractivity contribution in [3.05, 3.63) is 36.7 Å². The Kier molecular flexibility index (Phi) is 5.02. The summed E-state index contributed by atoms with van der Waals surface area (Å²) in [5, 5.41) is 3.54. The zero-order valence-corrected chi connectivity index (χ0v) is 14.5. The van der Waals surface area contributed by atoms with E-state index in [1.165, 1.54) is 19.3 Å². The van der Waals surface area contributed by atoms with Crippen LogP contribution in [0.3, 0.4) is 0 Å². The molecule has 0 amide bonds. The molecule has 2 bridgehead atoms. The Hall–Kier alpha value is -2.27. The molecule has 2 aromatic rings. The Morgan fingerprint density at radius 1 is 0.920 bits per heavy atom. The standard InChI is InChI=1S/C20H25N3O2/c1-2-9-21-10-3-4-12-23-17-8-11-22-15-20(17)25-19-7-6-16(14-18(19)23)24-13-5-1/h6-8,11,14-15,21H,1-5,9-10,12-13H2. The van der Waals surface area contributed by atoms with Crippen molar-refractivity contribution >= 4 is 11.4 Å². The van der Waals surface area contributed by atoms with Crippen LogP contribution in [0.2, 0.25) is 0 Å². The number of nitrogens with zero attached hydrogens (tertiary/aromatic N) is 2. The van der Waals surface area contributed by atoms with E-state index >= 15 is 0 Å². The van der Waals surface area contributed by atoms with Crippen LogP contribution in [0.4, 0.5) is 11.4 Å². The summed E-state index contributed by atoms with van der Waals surface area (Å²) >= 11 is 0. The van der Waals surface area contributed by atoms with Crippen LogP contribution in [0.25, 0.3) is 0 Å². The number of benzene rings is 1. The lowest BCUT2D eigenvalue weighted by molar-refractivity contribution is 0.304. The minimum absolute atomic E-state index is 0.764. The zero-order chi connectivity index (χ0) is 16.9. The molecule has 2 aliphatic rings. The quantitative estimate of drug-likeness (QED) is 0.777. The first-order chi connectivity index (χ1) is 12.4. The van der Waals surface area contributed by atoms with Gasteiger partial charge in [-0.15, -0.1) is 0 Å². The molecule has 0 spiro atoms. The van der Waals surface area contributed by atoms with Gasteiger partial charge in [0.25, 0.3) is 0 Å². The minimum Gasteiger partial charge on any atom is -0.494 e. The van der Waals surface area contributed by atoms with E-state index < -0.39 is 0 Å². The molecule has 0 aliphatic carbocycles. The summed E-state index contributed by atoms with van der Waals surface area (Å²) in [7, 11) is 0. The SMILES string of the molecule is c1cc2c(cn1)Oc1ccc3cc1N2CCCCNCCCCCO3. The van der Waals surface area contributed by atoms with E-state index in [1.54, 1.807) is 6.20 Å². The molecule has 1 aromatic heterocycles. The molecule has 0 saturated carbocycles. The number of nitrogens with one attached hydrogen (secondary N) is 1. The molecule has 3 heterocycles. The fraction of sp³-hybridized carbons (Fsp3) is 0.450. The summed E-state index contributed by atoms with van der Waals surface area (Å²) in [6.07, 6.45) is 9.42. The van der Waals surface area contributed by atoms with Gasteiger partial charge in [0, 0.05) is 18.8 Å². The van der Waals surface area contributed by atoms with E-state index in [4.69, 9.17) is 9.47 Å². The van der Waals surface area contributed by atoms with Gasteiger partial charge in [0.05, 0.1) is 24.2 Å². The molecule has 0 atom stereocenters. The second kappa shape index (κ2) is 7.74. The molecule has 4 rings (SSSR count). The molecule has 0 unspecified atom stereocenters. The van der Waals surface area contributed by atoms with Crippen LogP contribution >= 0.6 is 0 Å². The minimum atomic E-state index is 0.764. The maximum absolute atomic E-state index is 6.05. The van der Waals surface area contributed by atoms with Crippen LogP contribution < -0.4 is 19.7 Å². The average molecular weight is 339 g/mol. The number of pyridine rings is 1. The van der Waals surface area contributed by atoms with Gasteiger partial charge in [0.1, 0.15) is 5.75 Å². The molecule has 5 heteroatoms. The summed E-state index contributed by atoms with van der Waals surface area (Å²) in [6.45, 7) is 3.90. The van der Waals surface area contributed by atoms with Crippen molar-refractivity contribution < 1.29 is 9.47 Å².